The predicted molar refractivity (Wildman–Crippen MR) is 57.6 cm³/mol. The van der Waals surface area contributed by atoms with Crippen LogP contribution in [-0.4, -0.2) is 35.1 Å². The SMILES string of the molecule is CC(C)(CN)CN(O)C(=O)OC(C)(C)C. The monoisotopic (exact) mass is 218 g/mol. The fourth-order valence-electron chi connectivity index (χ4n) is 0.849. The molecule has 0 saturated carbocycles. The van der Waals surface area contributed by atoms with Crippen LogP contribution in [0.4, 0.5) is 4.79 Å². The Kier molecular flexibility index (Phi) is 4.55. The second-order valence-corrected chi connectivity index (χ2v) is 5.41. The van der Waals surface area contributed by atoms with Gasteiger partial charge in [0.25, 0.3) is 0 Å². The van der Waals surface area contributed by atoms with Gasteiger partial charge in [-0.2, -0.15) is 5.06 Å². The van der Waals surface area contributed by atoms with Crippen LogP contribution < -0.4 is 5.73 Å². The van der Waals surface area contributed by atoms with Crippen LogP contribution >= 0.6 is 0 Å². The van der Waals surface area contributed by atoms with Crippen LogP contribution in [0.25, 0.3) is 0 Å². The van der Waals surface area contributed by atoms with Gasteiger partial charge in [-0.25, -0.2) is 4.79 Å². The van der Waals surface area contributed by atoms with Gasteiger partial charge in [-0.1, -0.05) is 13.8 Å². The highest BCUT2D eigenvalue weighted by atomic mass is 16.6. The van der Waals surface area contributed by atoms with Crippen LogP contribution in [0.15, 0.2) is 0 Å². The Morgan fingerprint density at radius 2 is 1.80 bits per heavy atom. The van der Waals surface area contributed by atoms with E-state index < -0.39 is 11.7 Å². The molecule has 3 N–H and O–H groups in total. The molecule has 0 heterocycles. The number of hydrogen-bond donors (Lipinski definition) is 2. The Balaban J connectivity index is 4.23. The molecule has 0 aromatic heterocycles. The van der Waals surface area contributed by atoms with Crippen molar-refractivity contribution >= 4 is 6.09 Å². The van der Waals surface area contributed by atoms with Crippen LogP contribution in [0.3, 0.4) is 0 Å². The lowest BCUT2D eigenvalue weighted by Crippen LogP contribution is -2.42. The molecule has 0 saturated heterocycles. The summed E-state index contributed by atoms with van der Waals surface area (Å²) in [6, 6.07) is 0. The number of carbonyl (C=O) groups excluding carboxylic acids is 1. The van der Waals surface area contributed by atoms with Crippen molar-refractivity contribution in [1.29, 1.82) is 0 Å². The van der Waals surface area contributed by atoms with Crippen LogP contribution in [0.1, 0.15) is 34.6 Å². The lowest BCUT2D eigenvalue weighted by atomic mass is 9.94. The molecular weight excluding hydrogens is 196 g/mol. The Morgan fingerprint density at radius 3 is 2.13 bits per heavy atom. The number of hydrogen-bond acceptors (Lipinski definition) is 4. The van der Waals surface area contributed by atoms with Gasteiger partial charge in [0.2, 0.25) is 0 Å². The Hall–Kier alpha value is -0.810. The summed E-state index contributed by atoms with van der Waals surface area (Å²) in [5.41, 5.74) is 4.56. The van der Waals surface area contributed by atoms with E-state index in [0.29, 0.717) is 11.6 Å². The average Bonchev–Trinajstić information content (AvgIpc) is 2.00. The first kappa shape index (κ1) is 14.2. The zero-order valence-corrected chi connectivity index (χ0v) is 10.2. The standard InChI is InChI=1S/C10H22N2O3/c1-9(2,3)15-8(13)12(14)7-10(4,5)6-11/h14H,6-7,11H2,1-5H3. The molecule has 5 nitrogen and oxygen atoms in total. The minimum absolute atomic E-state index is 0.151. The topological polar surface area (TPSA) is 75.8 Å². The molecule has 0 radical (unpaired) electrons. The van der Waals surface area contributed by atoms with Gasteiger partial charge in [0.05, 0.1) is 6.54 Å². The van der Waals surface area contributed by atoms with Gasteiger partial charge >= 0.3 is 6.09 Å². The highest BCUT2D eigenvalue weighted by Gasteiger charge is 2.26. The fourth-order valence-corrected chi connectivity index (χ4v) is 0.849. The third kappa shape index (κ3) is 6.30. The number of rotatable bonds is 3. The van der Waals surface area contributed by atoms with Crippen molar-refractivity contribution in [2.24, 2.45) is 11.1 Å². The smallest absolute Gasteiger partial charge is 0.434 e. The largest absolute Gasteiger partial charge is 0.442 e. The zero-order chi connectivity index (χ0) is 12.3. The van der Waals surface area contributed by atoms with E-state index in [0.717, 1.165) is 0 Å². The van der Waals surface area contributed by atoms with Gasteiger partial charge in [-0.3, -0.25) is 5.21 Å². The summed E-state index contributed by atoms with van der Waals surface area (Å²) >= 11 is 0. The molecule has 0 unspecified atom stereocenters. The number of ether oxygens (including phenoxy) is 1. The van der Waals surface area contributed by atoms with Gasteiger partial charge in [0, 0.05) is 0 Å². The molecule has 0 aliphatic heterocycles. The van der Waals surface area contributed by atoms with Gasteiger partial charge in [0.1, 0.15) is 5.60 Å². The average molecular weight is 218 g/mol. The molecule has 0 aliphatic carbocycles. The first-order chi connectivity index (χ1) is 6.57. The lowest BCUT2D eigenvalue weighted by molar-refractivity contribution is -0.109. The molecule has 90 valence electrons. The van der Waals surface area contributed by atoms with Gasteiger partial charge in [0.15, 0.2) is 0 Å². The second kappa shape index (κ2) is 4.81. The molecule has 0 rings (SSSR count). The van der Waals surface area contributed by atoms with E-state index >= 15 is 0 Å². The maximum absolute atomic E-state index is 11.4. The Labute approximate surface area is 91.1 Å². The predicted octanol–water partition coefficient (Wildman–Crippen LogP) is 1.60. The quantitative estimate of drug-likeness (QED) is 0.557. The van der Waals surface area contributed by atoms with E-state index in [-0.39, 0.29) is 12.0 Å². The Morgan fingerprint density at radius 1 is 1.33 bits per heavy atom. The summed E-state index contributed by atoms with van der Waals surface area (Å²) in [5, 5.41) is 10.0. The molecule has 1 amide bonds. The van der Waals surface area contributed by atoms with E-state index in [1.165, 1.54) is 0 Å². The minimum atomic E-state index is -0.746. The molecule has 0 aromatic carbocycles. The van der Waals surface area contributed by atoms with Crippen molar-refractivity contribution in [2.45, 2.75) is 40.2 Å². The first-order valence-electron chi connectivity index (χ1n) is 4.97. The molecule has 0 aliphatic rings. The summed E-state index contributed by atoms with van der Waals surface area (Å²) in [4.78, 5) is 11.4. The van der Waals surface area contributed by atoms with E-state index in [2.05, 4.69) is 0 Å². The third-order valence-corrected chi connectivity index (χ3v) is 1.73. The van der Waals surface area contributed by atoms with Crippen LogP contribution in [-0.2, 0) is 4.74 Å². The molecule has 0 fully saturated rings. The third-order valence-electron chi connectivity index (χ3n) is 1.73. The number of hydroxylamine groups is 2. The van der Waals surface area contributed by atoms with Crippen LogP contribution in [0.5, 0.6) is 0 Å². The maximum atomic E-state index is 11.4. The van der Waals surface area contributed by atoms with Crippen LogP contribution in [0, 0.1) is 5.41 Å². The van der Waals surface area contributed by atoms with Gasteiger partial charge in [-0.05, 0) is 32.7 Å². The van der Waals surface area contributed by atoms with Crippen molar-refractivity contribution in [1.82, 2.24) is 5.06 Å². The zero-order valence-electron chi connectivity index (χ0n) is 10.2. The molecule has 0 atom stereocenters. The van der Waals surface area contributed by atoms with Crippen molar-refractivity contribution in [3.05, 3.63) is 0 Å². The molecular formula is C10H22N2O3. The van der Waals surface area contributed by atoms with Gasteiger partial charge in [-0.15, -0.1) is 0 Å². The van der Waals surface area contributed by atoms with Crippen molar-refractivity contribution in [3.63, 3.8) is 0 Å². The fraction of sp³-hybridized carbons (Fsp3) is 0.900. The van der Waals surface area contributed by atoms with E-state index in [1.54, 1.807) is 20.8 Å². The summed E-state index contributed by atoms with van der Waals surface area (Å²) < 4.78 is 4.99. The number of carbonyl (C=O) groups is 1. The lowest BCUT2D eigenvalue weighted by Gasteiger charge is -2.29. The Bertz CT molecular complexity index is 221. The number of amides is 1. The molecule has 5 heteroatoms. The summed E-state index contributed by atoms with van der Waals surface area (Å²) in [7, 11) is 0. The number of nitrogens with zero attached hydrogens (tertiary/aromatic N) is 1. The molecule has 0 aromatic rings. The normalized spacial score (nSPS) is 12.5. The van der Waals surface area contributed by atoms with E-state index in [9.17, 15) is 10.0 Å². The highest BCUT2D eigenvalue weighted by Crippen LogP contribution is 2.16. The molecule has 0 spiro atoms. The van der Waals surface area contributed by atoms with E-state index in [1.807, 2.05) is 13.8 Å². The molecule has 0 bridgehead atoms. The van der Waals surface area contributed by atoms with E-state index in [4.69, 9.17) is 10.5 Å². The summed E-state index contributed by atoms with van der Waals surface area (Å²) in [5.74, 6) is 0. The van der Waals surface area contributed by atoms with Gasteiger partial charge < -0.3 is 10.5 Å². The van der Waals surface area contributed by atoms with Crippen molar-refractivity contribution in [3.8, 4) is 0 Å². The van der Waals surface area contributed by atoms with Crippen molar-refractivity contribution in [2.75, 3.05) is 13.1 Å². The summed E-state index contributed by atoms with van der Waals surface area (Å²) in [6.45, 7) is 9.49. The minimum Gasteiger partial charge on any atom is -0.442 e. The number of nitrogens with two attached hydrogens (primary N) is 1. The van der Waals surface area contributed by atoms with Crippen LogP contribution in [0.2, 0.25) is 0 Å². The maximum Gasteiger partial charge on any atom is 0.434 e. The second-order valence-electron chi connectivity index (χ2n) is 5.41. The summed E-state index contributed by atoms with van der Waals surface area (Å²) in [6.07, 6.45) is -0.746. The molecule has 15 heavy (non-hydrogen) atoms. The highest BCUT2D eigenvalue weighted by molar-refractivity contribution is 5.66. The van der Waals surface area contributed by atoms with Crippen molar-refractivity contribution < 1.29 is 14.7 Å². The first-order valence-corrected chi connectivity index (χ1v) is 4.97.